The zero-order valence-corrected chi connectivity index (χ0v) is 66.3. The summed E-state index contributed by atoms with van der Waals surface area (Å²) in [6.45, 7) is 11.0. The Kier molecular flexibility index (Phi) is 46.4. The third-order valence-electron chi connectivity index (χ3n) is 19.2. The molecule has 0 aromatic rings. The number of nitrogens with zero attached hydrogens (tertiary/aromatic N) is 5. The molecule has 0 bridgehead atoms. The summed E-state index contributed by atoms with van der Waals surface area (Å²) >= 11 is 1.36. The second-order valence-electron chi connectivity index (χ2n) is 28.6. The first-order chi connectivity index (χ1) is 52.5. The van der Waals surface area contributed by atoms with Gasteiger partial charge in [0.1, 0.15) is 66.5 Å². The molecular weight excluding hydrogens is 1460 g/mol. The standard InChI is InChI=1S/C70H128N24O16S/c1-8-40(5)54(64(106)87-46(28-36-111-7)58(100)90-49(37-39(3)4)61(103)89-48(67(109)110)26-27-52(73)95)91-59(101)42(19-10-12-29-71)83-57(99)44(22-15-32-81-69(76)77)86-63(105)51-25-18-35-94(51)66(108)47(20-11-13-30-72)88-65(107)55(41(6)9-2)92-60(102)45(23-16-33-82-70(78)79)84-56(98)43(21-14-31-80-68(74)75)85-62(104)50-24-17-34-93(50)38-53(96)97/h39-51,54-55H,8-38,71-72H2,1-7H3,(H2,73,95)(H,83,99)(H,84,98)(H,85,104)(H,86,105)(H,87,106)(H,88,107)(H,89,103)(H,90,100)(H,91,101)(H,92,102)(H,96,97)(H,109,110)(H4,74,75,80)(H4,76,77,81)(H4,78,79,82)/t40-,41-,42-,43-,44-,45-,46-,47-,48-,49-,50-,51-,54-,55-/m0/s1. The van der Waals surface area contributed by atoms with Crippen LogP contribution in [0.4, 0.5) is 0 Å². The summed E-state index contributed by atoms with van der Waals surface area (Å²) in [7, 11) is 0. The van der Waals surface area contributed by atoms with Crippen molar-refractivity contribution in [1.29, 1.82) is 0 Å². The van der Waals surface area contributed by atoms with Gasteiger partial charge in [0, 0.05) is 32.6 Å². The highest BCUT2D eigenvalue weighted by Crippen LogP contribution is 2.23. The lowest BCUT2D eigenvalue weighted by Gasteiger charge is -2.32. The topological polar surface area (TPSA) is 677 Å². The van der Waals surface area contributed by atoms with Gasteiger partial charge in [-0.3, -0.25) is 82.2 Å². The summed E-state index contributed by atoms with van der Waals surface area (Å²) in [5.74, 6) is -13.6. The van der Waals surface area contributed by atoms with Crippen molar-refractivity contribution in [2.45, 2.75) is 255 Å². The first-order valence-electron chi connectivity index (χ1n) is 38.4. The fraction of sp³-hybridized carbons (Fsp3) is 0.757. The largest absolute Gasteiger partial charge is 0.480 e. The van der Waals surface area contributed by atoms with Gasteiger partial charge >= 0.3 is 11.9 Å². The molecule has 0 spiro atoms. The van der Waals surface area contributed by atoms with Gasteiger partial charge in [0.2, 0.25) is 70.9 Å². The number of thioether (sulfide) groups is 1. The quantitative estimate of drug-likeness (QED) is 0.0154. The number of likely N-dealkylation sites (tertiary alicyclic amines) is 2. The Hall–Kier alpha value is -9.38. The zero-order chi connectivity index (χ0) is 83.4. The minimum atomic E-state index is -1.51. The maximum absolute atomic E-state index is 15.1. The number of hydrogen-bond donors (Lipinski definition) is 21. The smallest absolute Gasteiger partial charge is 0.326 e. The molecule has 2 fully saturated rings. The third-order valence-corrected chi connectivity index (χ3v) is 19.8. The summed E-state index contributed by atoms with van der Waals surface area (Å²) in [6.07, 6.45) is 4.84. The molecule has 2 saturated heterocycles. The van der Waals surface area contributed by atoms with E-state index in [1.54, 1.807) is 47.8 Å². The summed E-state index contributed by atoms with van der Waals surface area (Å²) in [5.41, 5.74) is 50.6. The Morgan fingerprint density at radius 3 is 1.23 bits per heavy atom. The summed E-state index contributed by atoms with van der Waals surface area (Å²) in [6, 6.07) is -15.5. The number of carbonyl (C=O) groups is 14. The number of primary amides is 1. The predicted octanol–water partition coefficient (Wildman–Crippen LogP) is -4.97. The molecule has 0 aromatic carbocycles. The molecule has 41 heteroatoms. The van der Waals surface area contributed by atoms with E-state index in [0.29, 0.717) is 70.1 Å². The molecule has 40 nitrogen and oxygen atoms in total. The molecule has 2 aliphatic heterocycles. The average Bonchev–Trinajstić information content (AvgIpc) is 1.70. The first-order valence-corrected chi connectivity index (χ1v) is 39.8. The number of guanidine groups is 3. The highest BCUT2D eigenvalue weighted by Gasteiger charge is 2.43. The van der Waals surface area contributed by atoms with E-state index < -0.39 is 174 Å². The van der Waals surface area contributed by atoms with Crippen LogP contribution in [0.2, 0.25) is 0 Å². The molecular formula is C70H128N24O16S. The second kappa shape index (κ2) is 52.7. The van der Waals surface area contributed by atoms with Crippen molar-refractivity contribution >= 4 is 112 Å². The fourth-order valence-electron chi connectivity index (χ4n) is 12.6. The number of carbonyl (C=O) groups excluding carboxylic acids is 12. The van der Waals surface area contributed by atoms with Crippen molar-refractivity contribution in [3.8, 4) is 0 Å². The van der Waals surface area contributed by atoms with E-state index >= 15 is 4.79 Å². The van der Waals surface area contributed by atoms with E-state index in [9.17, 15) is 72.5 Å². The predicted molar refractivity (Wildman–Crippen MR) is 419 cm³/mol. The number of nitrogens with one attached hydrogen (secondary N) is 10. The number of carboxylic acid groups (broad SMARTS) is 2. The van der Waals surface area contributed by atoms with Crippen LogP contribution in [0.25, 0.3) is 0 Å². The minimum absolute atomic E-state index is 0.00533. The first kappa shape index (κ1) is 97.7. The Bertz CT molecular complexity index is 3140. The van der Waals surface area contributed by atoms with Crippen LogP contribution in [-0.4, -0.2) is 258 Å². The Balaban J connectivity index is 2.59. The van der Waals surface area contributed by atoms with Gasteiger partial charge in [-0.05, 0) is 171 Å². The van der Waals surface area contributed by atoms with E-state index in [1.165, 1.54) is 21.6 Å². The summed E-state index contributed by atoms with van der Waals surface area (Å²) in [5, 5.41) is 46.6. The average molecular weight is 1590 g/mol. The van der Waals surface area contributed by atoms with Crippen LogP contribution in [0.1, 0.15) is 183 Å². The van der Waals surface area contributed by atoms with Gasteiger partial charge in [0.05, 0.1) is 12.6 Å². The fourth-order valence-corrected chi connectivity index (χ4v) is 13.1. The Labute approximate surface area is 654 Å². The van der Waals surface area contributed by atoms with E-state index in [2.05, 4.69) is 68.1 Å². The lowest BCUT2D eigenvalue weighted by Crippen LogP contribution is -2.61. The van der Waals surface area contributed by atoms with Crippen LogP contribution < -0.4 is 105 Å². The molecule has 12 amide bonds. The van der Waals surface area contributed by atoms with Crippen molar-refractivity contribution in [3.05, 3.63) is 0 Å². The van der Waals surface area contributed by atoms with Gasteiger partial charge in [-0.2, -0.15) is 11.8 Å². The molecule has 0 aromatic heterocycles. The van der Waals surface area contributed by atoms with Crippen molar-refractivity contribution < 1.29 is 77.3 Å². The Morgan fingerprint density at radius 2 is 0.811 bits per heavy atom. The van der Waals surface area contributed by atoms with Crippen LogP contribution in [0.5, 0.6) is 0 Å². The number of aliphatic imine (C=N–C) groups is 3. The van der Waals surface area contributed by atoms with Crippen LogP contribution in [0, 0.1) is 17.8 Å². The highest BCUT2D eigenvalue weighted by molar-refractivity contribution is 7.98. The van der Waals surface area contributed by atoms with Crippen molar-refractivity contribution in [2.24, 2.45) is 84.3 Å². The van der Waals surface area contributed by atoms with Gasteiger partial charge in [-0.1, -0.05) is 54.4 Å². The molecule has 0 saturated carbocycles. The van der Waals surface area contributed by atoms with Crippen LogP contribution in [-0.2, 0) is 67.1 Å². The molecule has 2 rings (SSSR count). The van der Waals surface area contributed by atoms with E-state index in [1.807, 2.05) is 0 Å². The number of unbranched alkanes of at least 4 members (excludes halogenated alkanes) is 2. The number of carboxylic acids is 2. The molecule has 30 N–H and O–H groups in total. The van der Waals surface area contributed by atoms with Gasteiger partial charge in [-0.25, -0.2) is 4.79 Å². The number of amides is 12. The number of aliphatic carboxylic acids is 2. The van der Waals surface area contributed by atoms with Gasteiger partial charge in [0.15, 0.2) is 17.9 Å². The number of nitrogens with two attached hydrogens (primary N) is 9. The minimum Gasteiger partial charge on any atom is -0.480 e. The van der Waals surface area contributed by atoms with Crippen molar-refractivity contribution in [1.82, 2.24) is 63.0 Å². The molecule has 0 radical (unpaired) electrons. The van der Waals surface area contributed by atoms with Crippen LogP contribution >= 0.6 is 11.8 Å². The number of hydrogen-bond acceptors (Lipinski definition) is 21. The van der Waals surface area contributed by atoms with Crippen molar-refractivity contribution in [3.63, 3.8) is 0 Å². The third kappa shape index (κ3) is 37.0. The lowest BCUT2D eigenvalue weighted by molar-refractivity contribution is -0.143. The second-order valence-corrected chi connectivity index (χ2v) is 29.6. The molecule has 0 unspecified atom stereocenters. The molecule has 0 aliphatic carbocycles. The summed E-state index contributed by atoms with van der Waals surface area (Å²) < 4.78 is 0. The maximum atomic E-state index is 15.1. The Morgan fingerprint density at radius 1 is 0.441 bits per heavy atom. The highest BCUT2D eigenvalue weighted by atomic mass is 32.2. The SMILES string of the molecule is CC[C@H](C)[C@H](NC(=O)[C@H](CCCCN)NC(=O)[C@H](CCCN=C(N)N)NC(=O)[C@@H]1CCCN1C(=O)[C@H](CCCCN)NC(=O)[C@@H](NC(=O)[C@H](CCCN=C(N)N)NC(=O)[C@H](CCCN=C(N)N)NC(=O)[C@@H]1CCCN1CC(=O)O)[C@@H](C)CC)C(=O)N[C@@H](CCSC)C(=O)N[C@@H](CC(C)C)C(=O)N[C@@H](CCC(N)=O)C(=O)O. The lowest BCUT2D eigenvalue weighted by atomic mass is 9.96. The van der Waals surface area contributed by atoms with E-state index in [4.69, 9.17) is 51.6 Å². The van der Waals surface area contributed by atoms with Crippen LogP contribution in [0.3, 0.4) is 0 Å². The normalized spacial score (nSPS) is 17.3. The zero-order valence-electron chi connectivity index (χ0n) is 65.5. The van der Waals surface area contributed by atoms with Gasteiger partial charge < -0.3 is 120 Å². The molecule has 2 aliphatic rings. The monoisotopic (exact) mass is 1590 g/mol. The molecule has 111 heavy (non-hydrogen) atoms. The van der Waals surface area contributed by atoms with Crippen LogP contribution in [0.15, 0.2) is 15.0 Å². The van der Waals surface area contributed by atoms with Crippen molar-refractivity contribution in [2.75, 3.05) is 64.4 Å². The molecule has 2 heterocycles. The summed E-state index contributed by atoms with van der Waals surface area (Å²) in [4.78, 5) is 210. The molecule has 630 valence electrons. The van der Waals surface area contributed by atoms with Gasteiger partial charge in [0.25, 0.3) is 0 Å². The maximum Gasteiger partial charge on any atom is 0.326 e. The van der Waals surface area contributed by atoms with E-state index in [0.717, 1.165) is 0 Å². The molecule has 14 atom stereocenters. The van der Waals surface area contributed by atoms with Gasteiger partial charge in [-0.15, -0.1) is 0 Å². The van der Waals surface area contributed by atoms with E-state index in [-0.39, 0.29) is 147 Å². The number of rotatable bonds is 56.